The zero-order valence-corrected chi connectivity index (χ0v) is 10.2. The molecule has 0 unspecified atom stereocenters. The normalized spacial score (nSPS) is 10.6. The molecular weight excluding hydrogens is 230 g/mol. The molecule has 3 aromatic rings. The summed E-state index contributed by atoms with van der Waals surface area (Å²) in [6, 6.07) is 8.38. The number of hydrogen-bond donors (Lipinski definition) is 1. The molecule has 0 radical (unpaired) electrons. The van der Waals surface area contributed by atoms with Crippen LogP contribution in [0.25, 0.3) is 21.3 Å². The van der Waals surface area contributed by atoms with Crippen molar-refractivity contribution in [3.8, 4) is 11.3 Å². The van der Waals surface area contributed by atoms with E-state index in [0.29, 0.717) is 0 Å². The van der Waals surface area contributed by atoms with Crippen LogP contribution in [0, 0.1) is 0 Å². The lowest BCUT2D eigenvalue weighted by molar-refractivity contribution is 1.19. The number of nitrogens with one attached hydrogen (secondary N) is 1. The third-order valence-corrected chi connectivity index (χ3v) is 3.63. The second kappa shape index (κ2) is 4.14. The summed E-state index contributed by atoms with van der Waals surface area (Å²) in [7, 11) is 1.86. The third kappa shape index (κ3) is 1.66. The Labute approximate surface area is 103 Å². The smallest absolute Gasteiger partial charge is 0.152 e. The van der Waals surface area contributed by atoms with Gasteiger partial charge in [0.15, 0.2) is 5.82 Å². The van der Waals surface area contributed by atoms with Gasteiger partial charge >= 0.3 is 0 Å². The first kappa shape index (κ1) is 10.2. The van der Waals surface area contributed by atoms with Gasteiger partial charge in [-0.15, -0.1) is 11.3 Å². The fourth-order valence-corrected chi connectivity index (χ4v) is 2.81. The number of benzene rings is 1. The first-order valence-electron chi connectivity index (χ1n) is 5.35. The fourth-order valence-electron chi connectivity index (χ4n) is 1.90. The van der Waals surface area contributed by atoms with E-state index in [0.717, 1.165) is 17.1 Å². The summed E-state index contributed by atoms with van der Waals surface area (Å²) in [4.78, 5) is 8.73. The molecular formula is C13H11N3S. The van der Waals surface area contributed by atoms with E-state index < -0.39 is 0 Å². The first-order chi connectivity index (χ1) is 8.40. The van der Waals surface area contributed by atoms with E-state index in [1.54, 1.807) is 23.7 Å². The van der Waals surface area contributed by atoms with Crippen LogP contribution in [0.15, 0.2) is 42.0 Å². The molecule has 0 saturated carbocycles. The van der Waals surface area contributed by atoms with Crippen molar-refractivity contribution in [3.05, 3.63) is 42.0 Å². The molecule has 4 heteroatoms. The van der Waals surface area contributed by atoms with Crippen LogP contribution in [-0.4, -0.2) is 17.0 Å². The number of aromatic nitrogens is 2. The highest BCUT2D eigenvalue weighted by atomic mass is 32.1. The van der Waals surface area contributed by atoms with Gasteiger partial charge in [0, 0.05) is 29.7 Å². The van der Waals surface area contributed by atoms with Gasteiger partial charge in [0.05, 0.1) is 0 Å². The molecule has 1 aromatic carbocycles. The molecule has 1 N–H and O–H groups in total. The minimum atomic E-state index is 0.813. The number of anilines is 1. The Morgan fingerprint density at radius 1 is 1.12 bits per heavy atom. The Morgan fingerprint density at radius 3 is 2.88 bits per heavy atom. The lowest BCUT2D eigenvalue weighted by atomic mass is 10.1. The third-order valence-electron chi connectivity index (χ3n) is 2.67. The zero-order valence-electron chi connectivity index (χ0n) is 9.34. The Bertz CT molecular complexity index is 660. The molecule has 3 rings (SSSR count). The maximum atomic E-state index is 4.43. The molecule has 2 heterocycles. The van der Waals surface area contributed by atoms with Crippen LogP contribution in [0.2, 0.25) is 0 Å². The molecule has 2 aromatic heterocycles. The number of nitrogens with zero attached hydrogens (tertiary/aromatic N) is 2. The lowest BCUT2D eigenvalue weighted by Crippen LogP contribution is -1.97. The quantitative estimate of drug-likeness (QED) is 0.747. The van der Waals surface area contributed by atoms with Gasteiger partial charge in [0.1, 0.15) is 5.69 Å². The molecule has 0 fully saturated rings. The highest BCUT2D eigenvalue weighted by Gasteiger charge is 2.10. The Balaban J connectivity index is 2.30. The molecule has 0 amide bonds. The summed E-state index contributed by atoms with van der Waals surface area (Å²) in [5.41, 5.74) is 2.04. The highest BCUT2D eigenvalue weighted by molar-refractivity contribution is 7.17. The summed E-state index contributed by atoms with van der Waals surface area (Å²) in [6.45, 7) is 0. The van der Waals surface area contributed by atoms with Crippen molar-refractivity contribution in [2.75, 3.05) is 12.4 Å². The second-order valence-electron chi connectivity index (χ2n) is 3.65. The Hall–Kier alpha value is -1.94. The SMILES string of the molecule is CNc1nccnc1-c1cccc2ccsc12. The number of rotatable bonds is 2. The van der Waals surface area contributed by atoms with Crippen molar-refractivity contribution in [1.29, 1.82) is 0 Å². The predicted octanol–water partition coefficient (Wildman–Crippen LogP) is 3.40. The Morgan fingerprint density at radius 2 is 2.00 bits per heavy atom. The summed E-state index contributed by atoms with van der Waals surface area (Å²) in [5, 5.41) is 6.43. The number of thiophene rings is 1. The fraction of sp³-hybridized carbons (Fsp3) is 0.0769. The van der Waals surface area contributed by atoms with Crippen LogP contribution in [0.5, 0.6) is 0 Å². The highest BCUT2D eigenvalue weighted by Crippen LogP contribution is 2.33. The van der Waals surface area contributed by atoms with Crippen LogP contribution < -0.4 is 5.32 Å². The van der Waals surface area contributed by atoms with Crippen LogP contribution in [0.1, 0.15) is 0 Å². The van der Waals surface area contributed by atoms with E-state index in [2.05, 4.69) is 44.9 Å². The van der Waals surface area contributed by atoms with Crippen LogP contribution in [0.4, 0.5) is 5.82 Å². The van der Waals surface area contributed by atoms with E-state index in [9.17, 15) is 0 Å². The zero-order chi connectivity index (χ0) is 11.7. The van der Waals surface area contributed by atoms with Gasteiger partial charge < -0.3 is 5.32 Å². The van der Waals surface area contributed by atoms with Gasteiger partial charge in [-0.3, -0.25) is 4.98 Å². The van der Waals surface area contributed by atoms with E-state index in [4.69, 9.17) is 0 Å². The monoisotopic (exact) mass is 241 g/mol. The summed E-state index contributed by atoms with van der Waals surface area (Å²) < 4.78 is 1.25. The summed E-state index contributed by atoms with van der Waals surface area (Å²) in [6.07, 6.45) is 3.42. The van der Waals surface area contributed by atoms with Crippen molar-refractivity contribution in [1.82, 2.24) is 9.97 Å². The van der Waals surface area contributed by atoms with E-state index in [-0.39, 0.29) is 0 Å². The van der Waals surface area contributed by atoms with Gasteiger partial charge in [-0.2, -0.15) is 0 Å². The van der Waals surface area contributed by atoms with E-state index in [1.807, 2.05) is 7.05 Å². The molecule has 0 aliphatic rings. The lowest BCUT2D eigenvalue weighted by Gasteiger charge is -2.07. The van der Waals surface area contributed by atoms with Crippen molar-refractivity contribution in [3.63, 3.8) is 0 Å². The number of hydrogen-bond acceptors (Lipinski definition) is 4. The van der Waals surface area contributed by atoms with Crippen molar-refractivity contribution in [2.24, 2.45) is 0 Å². The molecule has 84 valence electrons. The molecule has 0 bridgehead atoms. The van der Waals surface area contributed by atoms with Gasteiger partial charge in [-0.25, -0.2) is 4.98 Å². The van der Waals surface area contributed by atoms with Gasteiger partial charge in [-0.05, 0) is 16.8 Å². The summed E-state index contributed by atoms with van der Waals surface area (Å²) in [5.74, 6) is 0.813. The second-order valence-corrected chi connectivity index (χ2v) is 4.56. The van der Waals surface area contributed by atoms with Gasteiger partial charge in [-0.1, -0.05) is 18.2 Å². The molecule has 17 heavy (non-hydrogen) atoms. The van der Waals surface area contributed by atoms with Crippen molar-refractivity contribution < 1.29 is 0 Å². The average Bonchev–Trinajstić information content (AvgIpc) is 2.86. The van der Waals surface area contributed by atoms with Crippen LogP contribution in [0.3, 0.4) is 0 Å². The largest absolute Gasteiger partial charge is 0.371 e. The van der Waals surface area contributed by atoms with E-state index in [1.165, 1.54) is 10.1 Å². The maximum Gasteiger partial charge on any atom is 0.152 e. The van der Waals surface area contributed by atoms with E-state index >= 15 is 0 Å². The molecule has 0 aliphatic carbocycles. The standard InChI is InChI=1S/C13H11N3S/c1-14-13-11(15-6-7-16-13)10-4-2-3-9-5-8-17-12(9)10/h2-8H,1H3,(H,14,16). The topological polar surface area (TPSA) is 37.8 Å². The molecule has 0 atom stereocenters. The van der Waals surface area contributed by atoms with Crippen LogP contribution >= 0.6 is 11.3 Å². The molecule has 0 aliphatic heterocycles. The molecule has 3 nitrogen and oxygen atoms in total. The molecule has 0 saturated heterocycles. The molecule has 0 spiro atoms. The van der Waals surface area contributed by atoms with Crippen molar-refractivity contribution in [2.45, 2.75) is 0 Å². The first-order valence-corrected chi connectivity index (χ1v) is 6.23. The number of fused-ring (bicyclic) bond motifs is 1. The van der Waals surface area contributed by atoms with Crippen LogP contribution in [-0.2, 0) is 0 Å². The van der Waals surface area contributed by atoms with Crippen molar-refractivity contribution >= 4 is 27.2 Å². The minimum absolute atomic E-state index is 0.813. The van der Waals surface area contributed by atoms with Gasteiger partial charge in [0.25, 0.3) is 0 Å². The maximum absolute atomic E-state index is 4.43. The average molecular weight is 241 g/mol. The predicted molar refractivity (Wildman–Crippen MR) is 72.4 cm³/mol. The van der Waals surface area contributed by atoms with Gasteiger partial charge in [0.2, 0.25) is 0 Å². The minimum Gasteiger partial charge on any atom is -0.371 e. The summed E-state index contributed by atoms with van der Waals surface area (Å²) >= 11 is 1.73. The Kier molecular flexibility index (Phi) is 2.49.